The van der Waals surface area contributed by atoms with Gasteiger partial charge in [-0.3, -0.25) is 0 Å². The van der Waals surface area contributed by atoms with E-state index < -0.39 is 0 Å². The normalized spacial score (nSPS) is 29.6. The third-order valence-corrected chi connectivity index (χ3v) is 4.45. The average Bonchev–Trinajstić information content (AvgIpc) is 2.97. The molecule has 0 radical (unpaired) electrons. The Labute approximate surface area is 108 Å². The predicted octanol–water partition coefficient (Wildman–Crippen LogP) is 2.64. The van der Waals surface area contributed by atoms with E-state index in [4.69, 9.17) is 4.74 Å². The molecule has 0 saturated heterocycles. The maximum absolute atomic E-state index is 5.17. The summed E-state index contributed by atoms with van der Waals surface area (Å²) in [4.78, 5) is 8.73. The van der Waals surface area contributed by atoms with Crippen molar-refractivity contribution in [3.8, 4) is 5.88 Å². The number of methoxy groups -OCH3 is 1. The second-order valence-corrected chi connectivity index (χ2v) is 5.69. The molecule has 3 unspecified atom stereocenters. The van der Waals surface area contributed by atoms with Crippen molar-refractivity contribution in [1.29, 1.82) is 0 Å². The third-order valence-electron chi connectivity index (χ3n) is 4.45. The highest BCUT2D eigenvalue weighted by Gasteiger charge is 2.39. The molecule has 0 spiro atoms. The maximum Gasteiger partial charge on any atom is 0.226 e. The minimum absolute atomic E-state index is 0.637. The molecule has 2 bridgehead atoms. The molecule has 1 aromatic rings. The number of nitrogens with zero attached hydrogens (tertiary/aromatic N) is 2. The summed E-state index contributed by atoms with van der Waals surface area (Å²) >= 11 is 0. The van der Waals surface area contributed by atoms with Gasteiger partial charge in [0.15, 0.2) is 0 Å². The highest BCUT2D eigenvalue weighted by molar-refractivity contribution is 5.30. The average molecular weight is 247 g/mol. The number of anilines is 1. The maximum atomic E-state index is 5.17. The number of nitrogens with one attached hydrogen (secondary N) is 1. The third kappa shape index (κ3) is 2.28. The van der Waals surface area contributed by atoms with Gasteiger partial charge in [-0.15, -0.1) is 0 Å². The summed E-state index contributed by atoms with van der Waals surface area (Å²) in [5.74, 6) is 4.09. The summed E-state index contributed by atoms with van der Waals surface area (Å²) in [5.41, 5.74) is 0.942. The van der Waals surface area contributed by atoms with Crippen LogP contribution in [0.1, 0.15) is 31.4 Å². The first-order chi connectivity index (χ1) is 8.74. The van der Waals surface area contributed by atoms with Crippen LogP contribution in [0, 0.1) is 24.7 Å². The fourth-order valence-corrected chi connectivity index (χ4v) is 3.57. The Kier molecular flexibility index (Phi) is 3.10. The highest BCUT2D eigenvalue weighted by atomic mass is 16.5. The molecular formula is C14H21N3O. The minimum atomic E-state index is 0.637. The monoisotopic (exact) mass is 247 g/mol. The number of aryl methyl sites for hydroxylation is 1. The molecular weight excluding hydrogens is 226 g/mol. The van der Waals surface area contributed by atoms with Gasteiger partial charge in [-0.25, -0.2) is 4.98 Å². The van der Waals surface area contributed by atoms with Crippen LogP contribution in [-0.4, -0.2) is 23.6 Å². The topological polar surface area (TPSA) is 47.0 Å². The Balaban J connectivity index is 1.61. The molecule has 0 amide bonds. The molecule has 2 aliphatic carbocycles. The van der Waals surface area contributed by atoms with Gasteiger partial charge in [0.2, 0.25) is 11.8 Å². The van der Waals surface area contributed by atoms with Crippen LogP contribution >= 0.6 is 0 Å². The van der Waals surface area contributed by atoms with E-state index >= 15 is 0 Å². The summed E-state index contributed by atoms with van der Waals surface area (Å²) in [6.45, 7) is 2.97. The van der Waals surface area contributed by atoms with Crippen molar-refractivity contribution >= 4 is 5.95 Å². The van der Waals surface area contributed by atoms with E-state index in [0.29, 0.717) is 11.8 Å². The van der Waals surface area contributed by atoms with Gasteiger partial charge >= 0.3 is 0 Å². The van der Waals surface area contributed by atoms with E-state index in [1.807, 2.05) is 13.0 Å². The standard InChI is InChI=1S/C14H21N3O/c1-9-5-13(18-2)17-14(16-9)15-8-12-7-10-3-4-11(12)6-10/h5,10-12H,3-4,6-8H2,1-2H3,(H,15,16,17). The Morgan fingerprint density at radius 1 is 1.33 bits per heavy atom. The largest absolute Gasteiger partial charge is 0.481 e. The summed E-state index contributed by atoms with van der Waals surface area (Å²) in [6, 6.07) is 1.85. The fraction of sp³-hybridized carbons (Fsp3) is 0.714. The second kappa shape index (κ2) is 4.75. The van der Waals surface area contributed by atoms with Crippen LogP contribution in [0.5, 0.6) is 5.88 Å². The van der Waals surface area contributed by atoms with Crippen LogP contribution in [0.3, 0.4) is 0 Å². The number of aromatic nitrogens is 2. The minimum Gasteiger partial charge on any atom is -0.481 e. The molecule has 4 nitrogen and oxygen atoms in total. The molecule has 0 aliphatic heterocycles. The van der Waals surface area contributed by atoms with Gasteiger partial charge in [0.25, 0.3) is 0 Å². The highest BCUT2D eigenvalue weighted by Crippen LogP contribution is 2.48. The summed E-state index contributed by atoms with van der Waals surface area (Å²) in [7, 11) is 1.64. The van der Waals surface area contributed by atoms with Crippen molar-refractivity contribution in [2.24, 2.45) is 17.8 Å². The van der Waals surface area contributed by atoms with E-state index in [1.54, 1.807) is 7.11 Å². The Morgan fingerprint density at radius 2 is 2.22 bits per heavy atom. The lowest BCUT2D eigenvalue weighted by molar-refractivity contribution is 0.347. The van der Waals surface area contributed by atoms with Crippen molar-refractivity contribution < 1.29 is 4.74 Å². The van der Waals surface area contributed by atoms with Gasteiger partial charge in [-0.2, -0.15) is 4.98 Å². The fourth-order valence-electron chi connectivity index (χ4n) is 3.57. The van der Waals surface area contributed by atoms with E-state index in [2.05, 4.69) is 15.3 Å². The molecule has 2 saturated carbocycles. The van der Waals surface area contributed by atoms with E-state index in [9.17, 15) is 0 Å². The van der Waals surface area contributed by atoms with Gasteiger partial charge < -0.3 is 10.1 Å². The Bertz CT molecular complexity index is 435. The van der Waals surface area contributed by atoms with Gasteiger partial charge in [-0.05, 0) is 43.9 Å². The van der Waals surface area contributed by atoms with Crippen molar-refractivity contribution in [2.75, 3.05) is 19.0 Å². The molecule has 3 rings (SSSR count). The first kappa shape index (κ1) is 11.8. The van der Waals surface area contributed by atoms with Gasteiger partial charge in [-0.1, -0.05) is 6.42 Å². The number of fused-ring (bicyclic) bond motifs is 2. The van der Waals surface area contributed by atoms with Gasteiger partial charge in [0, 0.05) is 18.3 Å². The molecule has 2 fully saturated rings. The van der Waals surface area contributed by atoms with Crippen LogP contribution in [0.2, 0.25) is 0 Å². The van der Waals surface area contributed by atoms with E-state index in [0.717, 1.165) is 30.0 Å². The van der Waals surface area contributed by atoms with Crippen molar-refractivity contribution in [3.63, 3.8) is 0 Å². The molecule has 2 aliphatic rings. The zero-order valence-corrected chi connectivity index (χ0v) is 11.1. The molecule has 18 heavy (non-hydrogen) atoms. The van der Waals surface area contributed by atoms with Gasteiger partial charge in [0.05, 0.1) is 7.11 Å². The first-order valence-electron chi connectivity index (χ1n) is 6.88. The quantitative estimate of drug-likeness (QED) is 0.888. The molecule has 98 valence electrons. The van der Waals surface area contributed by atoms with Crippen LogP contribution in [0.15, 0.2) is 6.07 Å². The summed E-state index contributed by atoms with van der Waals surface area (Å²) in [5, 5.41) is 3.38. The Morgan fingerprint density at radius 3 is 2.89 bits per heavy atom. The van der Waals surface area contributed by atoms with Crippen LogP contribution in [-0.2, 0) is 0 Å². The number of ether oxygens (including phenoxy) is 1. The van der Waals surface area contributed by atoms with E-state index in [1.165, 1.54) is 25.7 Å². The van der Waals surface area contributed by atoms with Crippen molar-refractivity contribution in [1.82, 2.24) is 9.97 Å². The lowest BCUT2D eigenvalue weighted by atomic mass is 9.89. The molecule has 1 aromatic heterocycles. The molecule has 4 heteroatoms. The van der Waals surface area contributed by atoms with Crippen LogP contribution < -0.4 is 10.1 Å². The lowest BCUT2D eigenvalue weighted by Gasteiger charge is -2.21. The lowest BCUT2D eigenvalue weighted by Crippen LogP contribution is -2.21. The van der Waals surface area contributed by atoms with Gasteiger partial charge in [0.1, 0.15) is 0 Å². The zero-order chi connectivity index (χ0) is 12.5. The number of rotatable bonds is 4. The molecule has 3 atom stereocenters. The smallest absolute Gasteiger partial charge is 0.226 e. The summed E-state index contributed by atoms with van der Waals surface area (Å²) in [6.07, 6.45) is 5.72. The second-order valence-electron chi connectivity index (χ2n) is 5.69. The zero-order valence-electron chi connectivity index (χ0n) is 11.1. The first-order valence-corrected chi connectivity index (χ1v) is 6.88. The molecule has 1 heterocycles. The van der Waals surface area contributed by atoms with Crippen LogP contribution in [0.4, 0.5) is 5.95 Å². The molecule has 0 aromatic carbocycles. The van der Waals surface area contributed by atoms with Crippen molar-refractivity contribution in [3.05, 3.63) is 11.8 Å². The SMILES string of the molecule is COc1cc(C)nc(NCC2CC3CCC2C3)n1. The summed E-state index contributed by atoms with van der Waals surface area (Å²) < 4.78 is 5.17. The Hall–Kier alpha value is -1.32. The number of hydrogen-bond donors (Lipinski definition) is 1. The number of hydrogen-bond acceptors (Lipinski definition) is 4. The predicted molar refractivity (Wildman–Crippen MR) is 70.7 cm³/mol. The van der Waals surface area contributed by atoms with E-state index in [-0.39, 0.29) is 0 Å². The molecule has 1 N–H and O–H groups in total. The van der Waals surface area contributed by atoms with Crippen LogP contribution in [0.25, 0.3) is 0 Å². The van der Waals surface area contributed by atoms with Crippen molar-refractivity contribution in [2.45, 2.75) is 32.6 Å².